The number of carbonyl (C=O) groups excluding carboxylic acids is 1. The van der Waals surface area contributed by atoms with Gasteiger partial charge in [0.1, 0.15) is 5.69 Å². The minimum absolute atomic E-state index is 0.0429. The molecule has 114 valence electrons. The number of nitrogens with zero attached hydrogens (tertiary/aromatic N) is 1. The number of benzene rings is 1. The Hall–Kier alpha value is -2.15. The third kappa shape index (κ3) is 3.91. The van der Waals surface area contributed by atoms with Crippen LogP contribution in [-0.2, 0) is 16.0 Å². The molecule has 1 heterocycles. The SMILES string of the molecule is CCOCCCNc1cc2c(cc1[N+](=O)[O-])CCC(=O)N2. The van der Waals surface area contributed by atoms with Gasteiger partial charge >= 0.3 is 0 Å². The van der Waals surface area contributed by atoms with E-state index >= 15 is 0 Å². The third-order valence-electron chi connectivity index (χ3n) is 3.30. The van der Waals surface area contributed by atoms with Crippen molar-refractivity contribution in [1.82, 2.24) is 0 Å². The molecule has 0 saturated heterocycles. The average molecular weight is 293 g/mol. The van der Waals surface area contributed by atoms with Crippen molar-refractivity contribution in [2.75, 3.05) is 30.4 Å². The minimum Gasteiger partial charge on any atom is -0.382 e. The summed E-state index contributed by atoms with van der Waals surface area (Å²) in [7, 11) is 0. The zero-order valence-corrected chi connectivity index (χ0v) is 12.0. The highest BCUT2D eigenvalue weighted by molar-refractivity contribution is 5.95. The van der Waals surface area contributed by atoms with Crippen molar-refractivity contribution >= 4 is 23.0 Å². The number of carbonyl (C=O) groups is 1. The van der Waals surface area contributed by atoms with Gasteiger partial charge in [-0.3, -0.25) is 14.9 Å². The summed E-state index contributed by atoms with van der Waals surface area (Å²) < 4.78 is 5.22. The van der Waals surface area contributed by atoms with Gasteiger partial charge in [0.05, 0.1) is 4.92 Å². The number of nitrogens with one attached hydrogen (secondary N) is 2. The Morgan fingerprint density at radius 3 is 2.95 bits per heavy atom. The summed E-state index contributed by atoms with van der Waals surface area (Å²) >= 11 is 0. The van der Waals surface area contributed by atoms with Gasteiger partial charge in [0.25, 0.3) is 5.69 Å². The number of hydrogen-bond donors (Lipinski definition) is 2. The summed E-state index contributed by atoms with van der Waals surface area (Å²) in [6.45, 7) is 3.77. The van der Waals surface area contributed by atoms with Gasteiger partial charge in [-0.05, 0) is 31.4 Å². The van der Waals surface area contributed by atoms with Gasteiger partial charge < -0.3 is 15.4 Å². The second kappa shape index (κ2) is 7.03. The normalized spacial score (nSPS) is 13.5. The highest BCUT2D eigenvalue weighted by Gasteiger charge is 2.22. The van der Waals surface area contributed by atoms with Crippen molar-refractivity contribution in [2.45, 2.75) is 26.2 Å². The fourth-order valence-corrected chi connectivity index (χ4v) is 2.25. The van der Waals surface area contributed by atoms with Gasteiger partial charge in [-0.25, -0.2) is 0 Å². The Bertz CT molecular complexity index is 545. The maximum absolute atomic E-state index is 11.4. The number of ether oxygens (including phenoxy) is 1. The van der Waals surface area contributed by atoms with Crippen LogP contribution in [0.2, 0.25) is 0 Å². The predicted octanol–water partition coefficient (Wildman–Crippen LogP) is 2.32. The monoisotopic (exact) mass is 293 g/mol. The molecular formula is C14H19N3O4. The second-order valence-electron chi connectivity index (χ2n) is 4.81. The average Bonchev–Trinajstić information content (AvgIpc) is 2.46. The van der Waals surface area contributed by atoms with Crippen LogP contribution in [0.3, 0.4) is 0 Å². The summed E-state index contributed by atoms with van der Waals surface area (Å²) in [6, 6.07) is 3.19. The van der Waals surface area contributed by atoms with E-state index in [1.165, 1.54) is 0 Å². The quantitative estimate of drug-likeness (QED) is 0.457. The van der Waals surface area contributed by atoms with Crippen LogP contribution in [0.1, 0.15) is 25.3 Å². The van der Waals surface area contributed by atoms with Crippen LogP contribution < -0.4 is 10.6 Å². The molecule has 0 saturated carbocycles. The summed E-state index contributed by atoms with van der Waals surface area (Å²) in [4.78, 5) is 22.2. The number of nitro benzene ring substituents is 1. The van der Waals surface area contributed by atoms with E-state index in [1.807, 2.05) is 6.92 Å². The van der Waals surface area contributed by atoms with Gasteiger partial charge in [0, 0.05) is 37.9 Å². The molecule has 0 radical (unpaired) electrons. The summed E-state index contributed by atoms with van der Waals surface area (Å²) in [5.74, 6) is -0.0568. The van der Waals surface area contributed by atoms with Crippen LogP contribution in [0.5, 0.6) is 0 Å². The number of amides is 1. The lowest BCUT2D eigenvalue weighted by molar-refractivity contribution is -0.384. The molecule has 1 aromatic carbocycles. The van der Waals surface area contributed by atoms with Gasteiger partial charge in [-0.15, -0.1) is 0 Å². The molecular weight excluding hydrogens is 274 g/mol. The summed E-state index contributed by atoms with van der Waals surface area (Å²) in [6.07, 6.45) is 1.66. The Balaban J connectivity index is 2.12. The van der Waals surface area contributed by atoms with E-state index in [0.717, 1.165) is 12.0 Å². The number of rotatable bonds is 7. The van der Waals surface area contributed by atoms with Crippen molar-refractivity contribution in [2.24, 2.45) is 0 Å². The molecule has 7 heteroatoms. The molecule has 1 aliphatic heterocycles. The molecule has 0 unspecified atom stereocenters. The smallest absolute Gasteiger partial charge is 0.292 e. The molecule has 2 N–H and O–H groups in total. The molecule has 0 atom stereocenters. The van der Waals surface area contributed by atoms with Crippen LogP contribution >= 0.6 is 0 Å². The first-order valence-electron chi connectivity index (χ1n) is 7.04. The summed E-state index contributed by atoms with van der Waals surface area (Å²) in [5.41, 5.74) is 1.93. The van der Waals surface area contributed by atoms with Crippen molar-refractivity contribution in [3.8, 4) is 0 Å². The second-order valence-corrected chi connectivity index (χ2v) is 4.81. The van der Waals surface area contributed by atoms with E-state index in [2.05, 4.69) is 10.6 Å². The van der Waals surface area contributed by atoms with E-state index in [9.17, 15) is 14.9 Å². The van der Waals surface area contributed by atoms with E-state index in [-0.39, 0.29) is 11.6 Å². The lowest BCUT2D eigenvalue weighted by atomic mass is 10.0. The first-order valence-corrected chi connectivity index (χ1v) is 7.04. The standard InChI is InChI=1S/C14H19N3O4/c1-2-21-7-3-6-15-12-9-11-10(4-5-14(18)16-11)8-13(12)17(19)20/h8-9,15H,2-7H2,1H3,(H,16,18). The molecule has 1 aliphatic rings. The highest BCUT2D eigenvalue weighted by Crippen LogP contribution is 2.34. The van der Waals surface area contributed by atoms with Crippen molar-refractivity contribution in [3.63, 3.8) is 0 Å². The molecule has 0 spiro atoms. The van der Waals surface area contributed by atoms with Gasteiger partial charge in [0.2, 0.25) is 5.91 Å². The van der Waals surface area contributed by atoms with E-state index in [4.69, 9.17) is 4.74 Å². The maximum Gasteiger partial charge on any atom is 0.292 e. The van der Waals surface area contributed by atoms with Crippen molar-refractivity contribution in [3.05, 3.63) is 27.8 Å². The Labute approximate surface area is 122 Å². The molecule has 7 nitrogen and oxygen atoms in total. The fraction of sp³-hybridized carbons (Fsp3) is 0.500. The number of nitro groups is 1. The van der Waals surface area contributed by atoms with Crippen LogP contribution in [0, 0.1) is 10.1 Å². The summed E-state index contributed by atoms with van der Waals surface area (Å²) in [5, 5.41) is 17.0. The molecule has 0 aliphatic carbocycles. The van der Waals surface area contributed by atoms with E-state index in [0.29, 0.717) is 44.0 Å². The Kier molecular flexibility index (Phi) is 5.10. The first kappa shape index (κ1) is 15.2. The maximum atomic E-state index is 11.4. The van der Waals surface area contributed by atoms with Crippen molar-refractivity contribution in [1.29, 1.82) is 0 Å². The third-order valence-corrected chi connectivity index (χ3v) is 3.30. The number of anilines is 2. The van der Waals surface area contributed by atoms with Crippen LogP contribution in [0.25, 0.3) is 0 Å². The Morgan fingerprint density at radius 2 is 2.24 bits per heavy atom. The Morgan fingerprint density at radius 1 is 1.43 bits per heavy atom. The zero-order chi connectivity index (χ0) is 15.2. The zero-order valence-electron chi connectivity index (χ0n) is 12.0. The molecule has 0 aromatic heterocycles. The first-order chi connectivity index (χ1) is 10.1. The van der Waals surface area contributed by atoms with Gasteiger partial charge in [-0.1, -0.05) is 0 Å². The molecule has 0 fully saturated rings. The topological polar surface area (TPSA) is 93.5 Å². The fourth-order valence-electron chi connectivity index (χ4n) is 2.25. The molecule has 21 heavy (non-hydrogen) atoms. The minimum atomic E-state index is -0.401. The largest absolute Gasteiger partial charge is 0.382 e. The molecule has 0 bridgehead atoms. The van der Waals surface area contributed by atoms with E-state index < -0.39 is 4.92 Å². The predicted molar refractivity (Wildman–Crippen MR) is 79.6 cm³/mol. The van der Waals surface area contributed by atoms with E-state index in [1.54, 1.807) is 12.1 Å². The van der Waals surface area contributed by atoms with Crippen LogP contribution in [-0.4, -0.2) is 30.6 Å². The molecule has 1 amide bonds. The van der Waals surface area contributed by atoms with Gasteiger partial charge in [-0.2, -0.15) is 0 Å². The highest BCUT2D eigenvalue weighted by atomic mass is 16.6. The van der Waals surface area contributed by atoms with Crippen molar-refractivity contribution < 1.29 is 14.5 Å². The van der Waals surface area contributed by atoms with Crippen LogP contribution in [0.4, 0.5) is 17.1 Å². The molecule has 2 rings (SSSR count). The lowest BCUT2D eigenvalue weighted by Gasteiger charge is -2.18. The lowest BCUT2D eigenvalue weighted by Crippen LogP contribution is -2.19. The number of fused-ring (bicyclic) bond motifs is 1. The van der Waals surface area contributed by atoms with Crippen LogP contribution in [0.15, 0.2) is 12.1 Å². The molecule has 1 aromatic rings. The number of hydrogen-bond acceptors (Lipinski definition) is 5. The number of aryl methyl sites for hydroxylation is 1. The van der Waals surface area contributed by atoms with Gasteiger partial charge in [0.15, 0.2) is 0 Å².